The van der Waals surface area contributed by atoms with Gasteiger partial charge in [-0.1, -0.05) is 50.1 Å². The molecule has 0 aliphatic heterocycles. The molecular formula is C18H22O6. The van der Waals surface area contributed by atoms with Crippen molar-refractivity contribution >= 4 is 17.9 Å². The van der Waals surface area contributed by atoms with Crippen molar-refractivity contribution < 1.29 is 29.7 Å². The van der Waals surface area contributed by atoms with Crippen LogP contribution in [0.1, 0.15) is 38.2 Å². The molecule has 3 N–H and O–H groups in total. The minimum Gasteiger partial charge on any atom is -0.481 e. The highest BCUT2D eigenvalue weighted by Crippen LogP contribution is 2.57. The van der Waals surface area contributed by atoms with Gasteiger partial charge in [0.1, 0.15) is 0 Å². The van der Waals surface area contributed by atoms with Gasteiger partial charge in [-0.25, -0.2) is 0 Å². The average molecular weight is 334 g/mol. The molecule has 0 spiro atoms. The lowest BCUT2D eigenvalue weighted by atomic mass is 9.49. The molecule has 1 aromatic carbocycles. The van der Waals surface area contributed by atoms with Crippen LogP contribution in [-0.2, 0) is 20.8 Å². The molecule has 130 valence electrons. The molecule has 0 heterocycles. The van der Waals surface area contributed by atoms with Crippen molar-refractivity contribution in [2.45, 2.75) is 39.0 Å². The Labute approximate surface area is 140 Å². The number of aliphatic carboxylic acids is 3. The topological polar surface area (TPSA) is 112 Å². The zero-order valence-corrected chi connectivity index (χ0v) is 13.6. The molecule has 1 saturated carbocycles. The summed E-state index contributed by atoms with van der Waals surface area (Å²) in [6.07, 6.45) is 1.29. The number of hydrogen-bond acceptors (Lipinski definition) is 3. The summed E-state index contributed by atoms with van der Waals surface area (Å²) >= 11 is 0. The zero-order valence-electron chi connectivity index (χ0n) is 13.6. The Kier molecular flexibility index (Phi) is 4.96. The lowest BCUT2D eigenvalue weighted by Crippen LogP contribution is -2.60. The van der Waals surface area contributed by atoms with Crippen molar-refractivity contribution in [2.75, 3.05) is 0 Å². The lowest BCUT2D eigenvalue weighted by Gasteiger charge is -2.50. The largest absolute Gasteiger partial charge is 0.481 e. The molecule has 3 atom stereocenters. The first-order chi connectivity index (χ1) is 11.3. The van der Waals surface area contributed by atoms with Crippen LogP contribution in [0.5, 0.6) is 0 Å². The number of carbonyl (C=O) groups is 3. The number of rotatable bonds is 6. The van der Waals surface area contributed by atoms with Crippen molar-refractivity contribution in [3.05, 3.63) is 35.9 Å². The Morgan fingerprint density at radius 2 is 1.58 bits per heavy atom. The van der Waals surface area contributed by atoms with Crippen LogP contribution in [0.4, 0.5) is 0 Å². The van der Waals surface area contributed by atoms with E-state index in [1.54, 1.807) is 30.3 Å². The summed E-state index contributed by atoms with van der Waals surface area (Å²) in [5, 5.41) is 29.4. The molecular weight excluding hydrogens is 312 g/mol. The summed E-state index contributed by atoms with van der Waals surface area (Å²) in [5.74, 6) is -5.15. The number of carboxylic acid groups (broad SMARTS) is 3. The molecule has 6 nitrogen and oxygen atoms in total. The van der Waals surface area contributed by atoms with Crippen LogP contribution >= 0.6 is 0 Å². The minimum atomic E-state index is -1.83. The zero-order chi connectivity index (χ0) is 18.0. The maximum atomic E-state index is 12.3. The van der Waals surface area contributed by atoms with Gasteiger partial charge in [0, 0.05) is 0 Å². The van der Waals surface area contributed by atoms with E-state index in [0.29, 0.717) is 18.4 Å². The summed E-state index contributed by atoms with van der Waals surface area (Å²) in [6.45, 7) is 1.31. The van der Waals surface area contributed by atoms with Gasteiger partial charge in [-0.15, -0.1) is 0 Å². The van der Waals surface area contributed by atoms with Crippen molar-refractivity contribution in [1.29, 1.82) is 0 Å². The van der Waals surface area contributed by atoms with Gasteiger partial charge in [0.15, 0.2) is 0 Å². The van der Waals surface area contributed by atoms with Gasteiger partial charge in [-0.3, -0.25) is 14.4 Å². The van der Waals surface area contributed by atoms with Gasteiger partial charge in [0.05, 0.1) is 16.7 Å². The minimum absolute atomic E-state index is 0.00704. The quantitative estimate of drug-likeness (QED) is 0.737. The van der Waals surface area contributed by atoms with Gasteiger partial charge in [-0.05, 0) is 24.8 Å². The molecule has 2 rings (SSSR count). The third kappa shape index (κ3) is 2.66. The molecule has 0 saturated heterocycles. The predicted molar refractivity (Wildman–Crippen MR) is 85.6 cm³/mol. The maximum absolute atomic E-state index is 12.3. The third-order valence-electron chi connectivity index (χ3n) is 5.53. The van der Waals surface area contributed by atoms with E-state index in [9.17, 15) is 29.7 Å². The van der Waals surface area contributed by atoms with Crippen molar-refractivity contribution in [3.63, 3.8) is 0 Å². The number of benzene rings is 1. The smallest absolute Gasteiger partial charge is 0.311 e. The van der Waals surface area contributed by atoms with Crippen LogP contribution in [0.25, 0.3) is 0 Å². The summed E-state index contributed by atoms with van der Waals surface area (Å²) in [7, 11) is 0. The van der Waals surface area contributed by atoms with Crippen LogP contribution in [0.15, 0.2) is 30.3 Å². The highest BCUT2D eigenvalue weighted by molar-refractivity contribution is 5.91. The maximum Gasteiger partial charge on any atom is 0.311 e. The highest BCUT2D eigenvalue weighted by atomic mass is 16.4. The first kappa shape index (κ1) is 18.0. The second-order valence-electron chi connectivity index (χ2n) is 6.59. The van der Waals surface area contributed by atoms with E-state index in [1.807, 2.05) is 0 Å². The molecule has 6 heteroatoms. The van der Waals surface area contributed by atoms with Gasteiger partial charge in [0.2, 0.25) is 0 Å². The second kappa shape index (κ2) is 6.63. The Hall–Kier alpha value is -2.37. The van der Waals surface area contributed by atoms with E-state index in [2.05, 4.69) is 0 Å². The molecule has 3 unspecified atom stereocenters. The van der Waals surface area contributed by atoms with Crippen LogP contribution in [-0.4, -0.2) is 33.2 Å². The van der Waals surface area contributed by atoms with E-state index in [-0.39, 0.29) is 19.3 Å². The van der Waals surface area contributed by atoms with Crippen LogP contribution < -0.4 is 0 Å². The van der Waals surface area contributed by atoms with Crippen LogP contribution in [0, 0.1) is 16.7 Å². The lowest BCUT2D eigenvalue weighted by molar-refractivity contribution is -0.191. The molecule has 0 bridgehead atoms. The average Bonchev–Trinajstić information content (AvgIpc) is 2.55. The number of carboxylic acids is 3. The van der Waals surface area contributed by atoms with E-state index >= 15 is 0 Å². The van der Waals surface area contributed by atoms with Gasteiger partial charge >= 0.3 is 17.9 Å². The first-order valence-electron chi connectivity index (χ1n) is 8.01. The van der Waals surface area contributed by atoms with Gasteiger partial charge in [0.25, 0.3) is 0 Å². The molecule has 1 aromatic rings. The molecule has 0 radical (unpaired) electrons. The summed E-state index contributed by atoms with van der Waals surface area (Å²) in [4.78, 5) is 36.1. The fourth-order valence-electron chi connectivity index (χ4n) is 4.20. The number of hydrogen-bond donors (Lipinski definition) is 3. The molecule has 1 aliphatic rings. The molecule has 0 aromatic heterocycles. The second-order valence-corrected chi connectivity index (χ2v) is 6.59. The molecule has 1 fully saturated rings. The van der Waals surface area contributed by atoms with Crippen LogP contribution in [0.3, 0.4) is 0 Å². The van der Waals surface area contributed by atoms with Crippen LogP contribution in [0.2, 0.25) is 0 Å². The Morgan fingerprint density at radius 1 is 1.00 bits per heavy atom. The monoisotopic (exact) mass is 334 g/mol. The Balaban J connectivity index is 2.65. The summed E-state index contributed by atoms with van der Waals surface area (Å²) in [5.41, 5.74) is -2.78. The van der Waals surface area contributed by atoms with E-state index < -0.39 is 34.7 Å². The predicted octanol–water partition coefficient (Wildman–Crippen LogP) is 2.67. The standard InChI is InChI=1S/C18H22O6/c1-12(14(19)20)18(16(23)24)10-6-5-9-17(18,15(21)22)11-13-7-3-2-4-8-13/h2-4,7-8,12H,5-6,9-11H2,1H3,(H,19,20)(H,21,22)(H,23,24). The van der Waals surface area contributed by atoms with E-state index in [4.69, 9.17) is 0 Å². The fourth-order valence-corrected chi connectivity index (χ4v) is 4.20. The normalized spacial score (nSPS) is 28.0. The molecule has 24 heavy (non-hydrogen) atoms. The summed E-state index contributed by atoms with van der Waals surface area (Å²) < 4.78 is 0. The van der Waals surface area contributed by atoms with E-state index in [0.717, 1.165) is 0 Å². The van der Waals surface area contributed by atoms with Crippen molar-refractivity contribution in [2.24, 2.45) is 16.7 Å². The third-order valence-corrected chi connectivity index (χ3v) is 5.53. The SMILES string of the molecule is CC(C(=O)O)C1(C(=O)O)CCCCC1(Cc1ccccc1)C(=O)O. The van der Waals surface area contributed by atoms with Gasteiger partial charge in [-0.2, -0.15) is 0 Å². The van der Waals surface area contributed by atoms with Crippen molar-refractivity contribution in [1.82, 2.24) is 0 Å². The Bertz CT molecular complexity index is 640. The molecule has 1 aliphatic carbocycles. The van der Waals surface area contributed by atoms with Crippen molar-refractivity contribution in [3.8, 4) is 0 Å². The van der Waals surface area contributed by atoms with E-state index in [1.165, 1.54) is 6.92 Å². The fraction of sp³-hybridized carbons (Fsp3) is 0.500. The first-order valence-corrected chi connectivity index (χ1v) is 8.01. The Morgan fingerprint density at radius 3 is 2.08 bits per heavy atom. The molecule has 0 amide bonds. The summed E-state index contributed by atoms with van der Waals surface area (Å²) in [6, 6.07) is 8.81. The van der Waals surface area contributed by atoms with Gasteiger partial charge < -0.3 is 15.3 Å². The highest BCUT2D eigenvalue weighted by Gasteiger charge is 2.66.